The van der Waals surface area contributed by atoms with Crippen LogP contribution in [-0.2, 0) is 4.79 Å². The van der Waals surface area contributed by atoms with E-state index < -0.39 is 0 Å². The third-order valence-corrected chi connectivity index (χ3v) is 9.10. The molecule has 0 unspecified atom stereocenters. The van der Waals surface area contributed by atoms with Crippen LogP contribution in [0.3, 0.4) is 0 Å². The first-order chi connectivity index (χ1) is 21.0. The maximum Gasteiger partial charge on any atom is 0.223 e. The molecule has 2 aromatic carbocycles. The van der Waals surface area contributed by atoms with Gasteiger partial charge in [-0.15, -0.1) is 11.8 Å². The van der Waals surface area contributed by atoms with Crippen molar-refractivity contribution < 1.29 is 14.3 Å². The van der Waals surface area contributed by atoms with Gasteiger partial charge in [0.1, 0.15) is 5.82 Å². The minimum absolute atomic E-state index is 0.00652. The number of Topliss-reactive ketones (excluding diaryl/α,β-unsaturated/α-hetero) is 1. The van der Waals surface area contributed by atoms with Gasteiger partial charge in [0.05, 0.1) is 36.1 Å². The van der Waals surface area contributed by atoms with Crippen LogP contribution >= 0.6 is 11.8 Å². The topological polar surface area (TPSA) is 100 Å². The molecule has 9 heteroatoms. The number of likely N-dealkylation sites (tertiary alicyclic amines) is 1. The van der Waals surface area contributed by atoms with Gasteiger partial charge in [-0.1, -0.05) is 49.2 Å². The van der Waals surface area contributed by atoms with Crippen molar-refractivity contribution in [1.29, 1.82) is 0 Å². The molecule has 226 valence electrons. The number of aromatic nitrogens is 3. The van der Waals surface area contributed by atoms with Crippen LogP contribution < -0.4 is 10.1 Å². The molecule has 3 heterocycles. The number of ketones is 1. The molecule has 1 atom stereocenters. The first-order valence-corrected chi connectivity index (χ1v) is 16.3. The Balaban J connectivity index is 1.28. The average Bonchev–Trinajstić information content (AvgIpc) is 3.53. The number of unbranched alkanes of at least 4 members (excludes halogenated alkanes) is 2. The van der Waals surface area contributed by atoms with E-state index in [0.717, 1.165) is 90.1 Å². The number of carbonyl (C=O) groups excluding carboxylic acids is 2. The SMILES string of the molecule is COc1nc2ccccc2cc1-c1cnc([C@H](CCCCCC(=O)c2ccccc2SC)NC(=O)C2CCN(C)CC2)[nH]1. The molecule has 5 rings (SSSR count). The highest BCUT2D eigenvalue weighted by Crippen LogP contribution is 2.32. The van der Waals surface area contributed by atoms with Crippen LogP contribution in [0.1, 0.15) is 67.2 Å². The number of imidazole rings is 1. The molecule has 0 spiro atoms. The fourth-order valence-electron chi connectivity index (χ4n) is 5.76. The number of amides is 1. The number of hydrogen-bond donors (Lipinski definition) is 2. The molecule has 1 aliphatic heterocycles. The number of aromatic amines is 1. The van der Waals surface area contributed by atoms with Crippen molar-refractivity contribution in [2.24, 2.45) is 5.92 Å². The zero-order valence-electron chi connectivity index (χ0n) is 25.3. The summed E-state index contributed by atoms with van der Waals surface area (Å²) in [6.07, 6.45) is 9.32. The lowest BCUT2D eigenvalue weighted by atomic mass is 9.95. The number of ether oxygens (including phenoxy) is 1. The number of piperidine rings is 1. The number of nitrogens with one attached hydrogen (secondary N) is 2. The summed E-state index contributed by atoms with van der Waals surface area (Å²) in [6.45, 7) is 1.85. The van der Waals surface area contributed by atoms with Gasteiger partial charge in [0, 0.05) is 28.2 Å². The molecule has 0 radical (unpaired) electrons. The summed E-state index contributed by atoms with van der Waals surface area (Å²) >= 11 is 1.60. The Morgan fingerprint density at radius 1 is 1.09 bits per heavy atom. The van der Waals surface area contributed by atoms with Crippen LogP contribution in [0.25, 0.3) is 22.2 Å². The maximum absolute atomic E-state index is 13.4. The lowest BCUT2D eigenvalue weighted by Crippen LogP contribution is -2.40. The normalized spacial score (nSPS) is 15.0. The first kappa shape index (κ1) is 30.8. The van der Waals surface area contributed by atoms with Crippen LogP contribution in [0, 0.1) is 5.92 Å². The molecular weight excluding hydrogens is 558 g/mol. The number of benzene rings is 2. The third kappa shape index (κ3) is 7.64. The lowest BCUT2D eigenvalue weighted by Gasteiger charge is -2.29. The number of thioether (sulfide) groups is 1. The van der Waals surface area contributed by atoms with Gasteiger partial charge in [0.25, 0.3) is 0 Å². The van der Waals surface area contributed by atoms with E-state index in [1.165, 1.54) is 0 Å². The van der Waals surface area contributed by atoms with Crippen LogP contribution in [0.15, 0.2) is 65.7 Å². The molecule has 8 nitrogen and oxygen atoms in total. The Bertz CT molecular complexity index is 1550. The summed E-state index contributed by atoms with van der Waals surface area (Å²) in [7, 11) is 3.72. The molecular formula is C34H41N5O3S. The van der Waals surface area contributed by atoms with Crippen molar-refractivity contribution >= 4 is 34.4 Å². The molecule has 0 saturated carbocycles. The number of para-hydroxylation sites is 1. The molecule has 2 aromatic heterocycles. The highest BCUT2D eigenvalue weighted by molar-refractivity contribution is 7.98. The summed E-state index contributed by atoms with van der Waals surface area (Å²) in [5.74, 6) is 1.52. The first-order valence-electron chi connectivity index (χ1n) is 15.1. The molecule has 1 saturated heterocycles. The largest absolute Gasteiger partial charge is 0.480 e. The molecule has 43 heavy (non-hydrogen) atoms. The Morgan fingerprint density at radius 2 is 1.86 bits per heavy atom. The smallest absolute Gasteiger partial charge is 0.223 e. The highest BCUT2D eigenvalue weighted by Gasteiger charge is 2.27. The number of pyridine rings is 1. The predicted molar refractivity (Wildman–Crippen MR) is 173 cm³/mol. The second kappa shape index (κ2) is 14.7. The van der Waals surface area contributed by atoms with Gasteiger partial charge in [0.2, 0.25) is 11.8 Å². The van der Waals surface area contributed by atoms with Gasteiger partial charge in [-0.2, -0.15) is 0 Å². The summed E-state index contributed by atoms with van der Waals surface area (Å²) in [6, 6.07) is 17.5. The Morgan fingerprint density at radius 3 is 2.65 bits per heavy atom. The van der Waals surface area contributed by atoms with Gasteiger partial charge in [-0.3, -0.25) is 9.59 Å². The number of hydrogen-bond acceptors (Lipinski definition) is 7. The van der Waals surface area contributed by atoms with Crippen molar-refractivity contribution in [3.63, 3.8) is 0 Å². The summed E-state index contributed by atoms with van der Waals surface area (Å²) < 4.78 is 5.63. The van der Waals surface area contributed by atoms with Crippen LogP contribution in [0.5, 0.6) is 5.88 Å². The third-order valence-electron chi connectivity index (χ3n) is 8.31. The van der Waals surface area contributed by atoms with E-state index in [4.69, 9.17) is 9.72 Å². The molecule has 2 N–H and O–H groups in total. The van der Waals surface area contributed by atoms with Crippen molar-refractivity contribution in [3.05, 3.63) is 72.2 Å². The fraction of sp³-hybridized carbons (Fsp3) is 0.412. The van der Waals surface area contributed by atoms with E-state index in [1.807, 2.05) is 54.8 Å². The van der Waals surface area contributed by atoms with Crippen LogP contribution in [0.4, 0.5) is 0 Å². The lowest BCUT2D eigenvalue weighted by molar-refractivity contribution is -0.127. The van der Waals surface area contributed by atoms with Crippen molar-refractivity contribution in [3.8, 4) is 17.1 Å². The summed E-state index contributed by atoms with van der Waals surface area (Å²) in [5.41, 5.74) is 3.28. The molecule has 1 aliphatic rings. The van der Waals surface area contributed by atoms with E-state index in [0.29, 0.717) is 12.3 Å². The zero-order valence-corrected chi connectivity index (χ0v) is 26.1. The second-order valence-corrected chi connectivity index (χ2v) is 12.1. The summed E-state index contributed by atoms with van der Waals surface area (Å²) in [5, 5.41) is 4.32. The Kier molecular flexibility index (Phi) is 10.5. The summed E-state index contributed by atoms with van der Waals surface area (Å²) in [4.78, 5) is 42.4. The van der Waals surface area contributed by atoms with Crippen molar-refractivity contribution in [2.45, 2.75) is 55.9 Å². The van der Waals surface area contributed by atoms with Crippen molar-refractivity contribution in [1.82, 2.24) is 25.2 Å². The van der Waals surface area contributed by atoms with Crippen LogP contribution in [-0.4, -0.2) is 65.0 Å². The highest BCUT2D eigenvalue weighted by atomic mass is 32.2. The second-order valence-electron chi connectivity index (χ2n) is 11.3. The van der Waals surface area contributed by atoms with E-state index in [2.05, 4.69) is 33.3 Å². The van der Waals surface area contributed by atoms with Gasteiger partial charge in [-0.25, -0.2) is 9.97 Å². The van der Waals surface area contributed by atoms with Gasteiger partial charge in [-0.05, 0) is 70.3 Å². The monoisotopic (exact) mass is 599 g/mol. The minimum atomic E-state index is -0.256. The average molecular weight is 600 g/mol. The van der Waals surface area contributed by atoms with Gasteiger partial charge in [0.15, 0.2) is 5.78 Å². The number of rotatable bonds is 13. The maximum atomic E-state index is 13.4. The van der Waals surface area contributed by atoms with Crippen molar-refractivity contribution in [2.75, 3.05) is 33.5 Å². The van der Waals surface area contributed by atoms with E-state index in [1.54, 1.807) is 25.1 Å². The molecule has 0 aliphatic carbocycles. The number of nitrogens with zero attached hydrogens (tertiary/aromatic N) is 3. The van der Waals surface area contributed by atoms with E-state index in [9.17, 15) is 9.59 Å². The van der Waals surface area contributed by atoms with E-state index in [-0.39, 0.29) is 23.7 Å². The number of fused-ring (bicyclic) bond motifs is 1. The standard InChI is InChI=1S/C34H41N5O3S/c1-39-19-17-23(18-20-39)33(41)37-28(14-5-4-6-15-30(40)25-12-8-10-16-31(25)43-3)32-35-22-29(36-32)26-21-24-11-7-9-13-27(24)38-34(26)42-2/h7-13,16,21-23,28H,4-6,14-15,17-20H2,1-3H3,(H,35,36)(H,37,41)/t28-/m0/s1. The molecule has 4 aromatic rings. The van der Waals surface area contributed by atoms with Gasteiger partial charge >= 0.3 is 0 Å². The molecule has 1 fully saturated rings. The Hall–Kier alpha value is -3.69. The minimum Gasteiger partial charge on any atom is -0.480 e. The zero-order chi connectivity index (χ0) is 30.2. The predicted octanol–water partition coefficient (Wildman–Crippen LogP) is 6.69. The molecule has 1 amide bonds. The molecule has 0 bridgehead atoms. The quantitative estimate of drug-likeness (QED) is 0.100. The van der Waals surface area contributed by atoms with Gasteiger partial charge < -0.3 is 19.9 Å². The van der Waals surface area contributed by atoms with Crippen LogP contribution in [0.2, 0.25) is 0 Å². The Labute approximate surface area is 258 Å². The van der Waals surface area contributed by atoms with E-state index >= 15 is 0 Å². The number of H-pyrrole nitrogens is 1. The fourth-order valence-corrected chi connectivity index (χ4v) is 6.37. The number of carbonyl (C=O) groups is 2. The number of methoxy groups -OCH3 is 1.